The van der Waals surface area contributed by atoms with E-state index < -0.39 is 0 Å². The van der Waals surface area contributed by atoms with Crippen LogP contribution in [0.4, 0.5) is 10.8 Å². The zero-order valence-electron chi connectivity index (χ0n) is 16.3. The number of thiazole rings is 1. The normalized spacial score (nSPS) is 11.3. The number of amides is 1. The predicted octanol–water partition coefficient (Wildman–Crippen LogP) is 4.78. The number of para-hydroxylation sites is 2. The maximum absolute atomic E-state index is 12.3. The van der Waals surface area contributed by atoms with Crippen LogP contribution in [0.25, 0.3) is 22.7 Å². The molecule has 0 atom stereocenters. The lowest BCUT2D eigenvalue weighted by Gasteiger charge is -2.18. The van der Waals surface area contributed by atoms with Crippen LogP contribution in [-0.2, 0) is 4.79 Å². The molecule has 1 N–H and O–H groups in total. The van der Waals surface area contributed by atoms with Gasteiger partial charge in [-0.1, -0.05) is 12.1 Å². The van der Waals surface area contributed by atoms with Gasteiger partial charge in [0, 0.05) is 12.3 Å². The molecule has 0 bridgehead atoms. The summed E-state index contributed by atoms with van der Waals surface area (Å²) in [6.45, 7) is 1.48. The molecule has 8 heteroatoms. The highest BCUT2D eigenvalue weighted by molar-refractivity contribution is 7.14. The number of carbonyl (C=O) groups is 1. The Morgan fingerprint density at radius 1 is 1.20 bits per heavy atom. The van der Waals surface area contributed by atoms with Gasteiger partial charge in [0.2, 0.25) is 5.91 Å². The van der Waals surface area contributed by atoms with Crippen LogP contribution in [0.2, 0.25) is 0 Å². The molecule has 2 aromatic heterocycles. The fourth-order valence-electron chi connectivity index (χ4n) is 2.99. The van der Waals surface area contributed by atoms with Crippen molar-refractivity contribution in [3.05, 3.63) is 65.4 Å². The Labute approximate surface area is 176 Å². The third kappa shape index (κ3) is 3.79. The number of hydrogen-bond acceptors (Lipinski definition) is 6. The molecule has 30 heavy (non-hydrogen) atoms. The molecule has 0 radical (unpaired) electrons. The molecule has 2 aromatic carbocycles. The number of rotatable bonds is 5. The number of nitriles is 1. The van der Waals surface area contributed by atoms with E-state index in [1.165, 1.54) is 23.2 Å². The van der Waals surface area contributed by atoms with Crippen LogP contribution in [0.5, 0.6) is 5.75 Å². The Balaban J connectivity index is 1.67. The van der Waals surface area contributed by atoms with E-state index in [-0.39, 0.29) is 5.91 Å². The third-order valence-electron chi connectivity index (χ3n) is 4.40. The number of carbonyl (C=O) groups excluding carboxylic acids is 1. The second-order valence-corrected chi connectivity index (χ2v) is 7.22. The number of H-pyrrole nitrogens is 1. The number of fused-ring (bicyclic) bond motifs is 1. The second kappa shape index (κ2) is 8.19. The number of nitrogens with one attached hydrogen (secondary N) is 1. The fourth-order valence-corrected chi connectivity index (χ4v) is 3.83. The summed E-state index contributed by atoms with van der Waals surface area (Å²) in [6, 6.07) is 16.9. The van der Waals surface area contributed by atoms with Crippen molar-refractivity contribution in [3.8, 4) is 11.8 Å². The molecule has 0 saturated heterocycles. The molecule has 0 fully saturated rings. The molecule has 2 heterocycles. The molecule has 0 aliphatic heterocycles. The van der Waals surface area contributed by atoms with Gasteiger partial charge in [-0.05, 0) is 42.5 Å². The van der Waals surface area contributed by atoms with E-state index in [0.717, 1.165) is 11.0 Å². The molecule has 0 aliphatic rings. The summed E-state index contributed by atoms with van der Waals surface area (Å²) in [5.41, 5.74) is 3.27. The maximum atomic E-state index is 12.3. The summed E-state index contributed by atoms with van der Waals surface area (Å²) in [5, 5.41) is 11.9. The molecule has 0 unspecified atom stereocenters. The minimum absolute atomic E-state index is 0.164. The van der Waals surface area contributed by atoms with Crippen molar-refractivity contribution in [2.75, 3.05) is 12.0 Å². The van der Waals surface area contributed by atoms with E-state index in [0.29, 0.717) is 33.7 Å². The van der Waals surface area contributed by atoms with E-state index in [1.54, 1.807) is 42.8 Å². The number of aromatic amines is 1. The van der Waals surface area contributed by atoms with Crippen LogP contribution in [0, 0.1) is 11.3 Å². The van der Waals surface area contributed by atoms with Gasteiger partial charge in [0.1, 0.15) is 17.6 Å². The van der Waals surface area contributed by atoms with Crippen LogP contribution in [-0.4, -0.2) is 28.0 Å². The number of allylic oxidation sites excluding steroid dienone is 1. The van der Waals surface area contributed by atoms with Crippen LogP contribution in [0.15, 0.2) is 53.9 Å². The first-order chi connectivity index (χ1) is 14.6. The van der Waals surface area contributed by atoms with E-state index in [4.69, 9.17) is 4.74 Å². The average Bonchev–Trinajstić information content (AvgIpc) is 3.39. The largest absolute Gasteiger partial charge is 0.497 e. The predicted molar refractivity (Wildman–Crippen MR) is 118 cm³/mol. The first-order valence-electron chi connectivity index (χ1n) is 9.06. The number of anilines is 2. The van der Waals surface area contributed by atoms with Gasteiger partial charge in [-0.2, -0.15) is 5.26 Å². The van der Waals surface area contributed by atoms with Crippen molar-refractivity contribution < 1.29 is 9.53 Å². The SMILES string of the molecule is COc1ccc(N(C(C)=O)c2nc(/C=C(\C#N)c3nc4ccccc4[nH]3)cs2)cc1. The third-order valence-corrected chi connectivity index (χ3v) is 5.25. The Morgan fingerprint density at radius 2 is 1.97 bits per heavy atom. The standard InChI is InChI=1S/C22H17N5O2S/c1-14(28)27(17-7-9-18(29-2)10-8-17)22-24-16(13-30-22)11-15(12-23)21-25-19-5-3-4-6-20(19)26-21/h3-11,13H,1-2H3,(H,25,26)/b15-11+. The van der Waals surface area contributed by atoms with Gasteiger partial charge in [-0.25, -0.2) is 9.97 Å². The average molecular weight is 415 g/mol. The second-order valence-electron chi connectivity index (χ2n) is 6.38. The first kappa shape index (κ1) is 19.4. The number of benzene rings is 2. The van der Waals surface area contributed by atoms with Crippen molar-refractivity contribution in [2.45, 2.75) is 6.92 Å². The molecule has 148 valence electrons. The molecule has 0 spiro atoms. The molecular formula is C22H17N5O2S. The van der Waals surface area contributed by atoms with Gasteiger partial charge in [-0.3, -0.25) is 9.69 Å². The van der Waals surface area contributed by atoms with Gasteiger partial charge in [0.25, 0.3) is 0 Å². The molecule has 0 aliphatic carbocycles. The monoisotopic (exact) mass is 415 g/mol. The lowest BCUT2D eigenvalue weighted by Crippen LogP contribution is -2.22. The minimum atomic E-state index is -0.164. The molecule has 4 rings (SSSR count). The number of methoxy groups -OCH3 is 1. The first-order valence-corrected chi connectivity index (χ1v) is 9.94. The van der Waals surface area contributed by atoms with E-state index >= 15 is 0 Å². The molecular weight excluding hydrogens is 398 g/mol. The van der Waals surface area contributed by atoms with E-state index in [2.05, 4.69) is 21.0 Å². The molecule has 7 nitrogen and oxygen atoms in total. The van der Waals surface area contributed by atoms with Crippen LogP contribution in [0.1, 0.15) is 18.4 Å². The van der Waals surface area contributed by atoms with Crippen molar-refractivity contribution >= 4 is 50.7 Å². The zero-order valence-corrected chi connectivity index (χ0v) is 17.1. The lowest BCUT2D eigenvalue weighted by atomic mass is 10.2. The van der Waals surface area contributed by atoms with Crippen molar-refractivity contribution in [3.63, 3.8) is 0 Å². The van der Waals surface area contributed by atoms with E-state index in [9.17, 15) is 10.1 Å². The van der Waals surface area contributed by atoms with Crippen molar-refractivity contribution in [1.82, 2.24) is 15.0 Å². The topological polar surface area (TPSA) is 94.9 Å². The van der Waals surface area contributed by atoms with Crippen LogP contribution >= 0.6 is 11.3 Å². The summed E-state index contributed by atoms with van der Waals surface area (Å²) in [4.78, 5) is 26.0. The minimum Gasteiger partial charge on any atom is -0.497 e. The van der Waals surface area contributed by atoms with E-state index in [1.807, 2.05) is 24.3 Å². The fraction of sp³-hybridized carbons (Fsp3) is 0.0909. The smallest absolute Gasteiger partial charge is 0.230 e. The van der Waals surface area contributed by atoms with Gasteiger partial charge in [-0.15, -0.1) is 11.3 Å². The Kier molecular flexibility index (Phi) is 5.28. The molecule has 1 amide bonds. The van der Waals surface area contributed by atoms with Gasteiger partial charge >= 0.3 is 0 Å². The van der Waals surface area contributed by atoms with Crippen LogP contribution in [0.3, 0.4) is 0 Å². The molecule has 4 aromatic rings. The number of aromatic nitrogens is 3. The Hall–Kier alpha value is -3.96. The summed E-state index contributed by atoms with van der Waals surface area (Å²) in [6.07, 6.45) is 1.66. The number of imidazole rings is 1. The van der Waals surface area contributed by atoms with Gasteiger partial charge in [0.15, 0.2) is 5.13 Å². The number of nitrogens with zero attached hydrogens (tertiary/aromatic N) is 4. The van der Waals surface area contributed by atoms with Crippen molar-refractivity contribution in [2.24, 2.45) is 0 Å². The number of ether oxygens (including phenoxy) is 1. The highest BCUT2D eigenvalue weighted by Gasteiger charge is 2.18. The Bertz CT molecular complexity index is 1250. The molecule has 0 saturated carbocycles. The summed E-state index contributed by atoms with van der Waals surface area (Å²) in [5.74, 6) is 1.02. The maximum Gasteiger partial charge on any atom is 0.230 e. The lowest BCUT2D eigenvalue weighted by molar-refractivity contribution is -0.115. The zero-order chi connectivity index (χ0) is 21.1. The quantitative estimate of drug-likeness (QED) is 0.474. The highest BCUT2D eigenvalue weighted by atomic mass is 32.1. The Morgan fingerprint density at radius 3 is 2.63 bits per heavy atom. The summed E-state index contributed by atoms with van der Waals surface area (Å²) >= 11 is 1.32. The van der Waals surface area contributed by atoms with Crippen molar-refractivity contribution in [1.29, 1.82) is 5.26 Å². The summed E-state index contributed by atoms with van der Waals surface area (Å²) < 4.78 is 5.18. The van der Waals surface area contributed by atoms with Gasteiger partial charge in [0.05, 0.1) is 35.1 Å². The summed E-state index contributed by atoms with van der Waals surface area (Å²) in [7, 11) is 1.59. The number of hydrogen-bond donors (Lipinski definition) is 1. The highest BCUT2D eigenvalue weighted by Crippen LogP contribution is 2.31. The van der Waals surface area contributed by atoms with Gasteiger partial charge < -0.3 is 9.72 Å². The van der Waals surface area contributed by atoms with Crippen LogP contribution < -0.4 is 9.64 Å².